The van der Waals surface area contributed by atoms with Gasteiger partial charge in [0, 0.05) is 12.7 Å². The van der Waals surface area contributed by atoms with E-state index in [9.17, 15) is 16.8 Å². The average molecular weight is 349 g/mol. The standard InChI is InChI=1S/C9H11N5O4S3/c1-14-8(19-9(12-14)20(11,15)16)13-21(17,18)7-4-2-6(10)3-5-7/h2-5H,10H2,1H3,(H2,11,15,16)/b13-8+. The number of rotatable bonds is 3. The Bertz CT molecular complexity index is 938. The van der Waals surface area contributed by atoms with E-state index in [1.165, 1.54) is 31.3 Å². The second kappa shape index (κ2) is 5.22. The van der Waals surface area contributed by atoms with Crippen LogP contribution in [0.4, 0.5) is 5.69 Å². The van der Waals surface area contributed by atoms with E-state index in [4.69, 9.17) is 10.9 Å². The van der Waals surface area contributed by atoms with Crippen molar-refractivity contribution in [2.45, 2.75) is 9.24 Å². The second-order valence-electron chi connectivity index (χ2n) is 3.95. The molecule has 2 rings (SSSR count). The predicted octanol–water partition coefficient (Wildman–Crippen LogP) is -0.999. The molecule has 21 heavy (non-hydrogen) atoms. The fraction of sp³-hybridized carbons (Fsp3) is 0.111. The van der Waals surface area contributed by atoms with Crippen molar-refractivity contribution in [1.29, 1.82) is 0 Å². The summed E-state index contributed by atoms with van der Waals surface area (Å²) in [4.78, 5) is -0.182. The van der Waals surface area contributed by atoms with Crippen LogP contribution in [0.3, 0.4) is 0 Å². The van der Waals surface area contributed by atoms with Crippen LogP contribution < -0.4 is 15.7 Å². The Morgan fingerprint density at radius 2 is 1.76 bits per heavy atom. The number of hydrogen-bond acceptors (Lipinski definition) is 7. The first-order chi connectivity index (χ1) is 9.59. The van der Waals surface area contributed by atoms with Crippen molar-refractivity contribution in [3.63, 3.8) is 0 Å². The number of hydrogen-bond donors (Lipinski definition) is 2. The Balaban J connectivity index is 2.58. The summed E-state index contributed by atoms with van der Waals surface area (Å²) in [5.74, 6) is 0. The van der Waals surface area contributed by atoms with Crippen LogP contribution in [0, 0.1) is 0 Å². The lowest BCUT2D eigenvalue weighted by Crippen LogP contribution is -2.15. The van der Waals surface area contributed by atoms with Gasteiger partial charge in [0.25, 0.3) is 20.0 Å². The molecule has 4 N–H and O–H groups in total. The molecule has 0 spiro atoms. The van der Waals surface area contributed by atoms with Gasteiger partial charge >= 0.3 is 0 Å². The first-order valence-corrected chi connectivity index (χ1v) is 9.13. The van der Waals surface area contributed by atoms with E-state index in [0.717, 1.165) is 4.68 Å². The first kappa shape index (κ1) is 15.6. The van der Waals surface area contributed by atoms with E-state index < -0.39 is 24.4 Å². The van der Waals surface area contributed by atoms with Crippen LogP contribution in [-0.4, -0.2) is 26.6 Å². The lowest BCUT2D eigenvalue weighted by molar-refractivity contribution is 0.589. The summed E-state index contributed by atoms with van der Waals surface area (Å²) in [5.41, 5.74) is 5.89. The number of aromatic nitrogens is 2. The van der Waals surface area contributed by atoms with E-state index in [1.54, 1.807) is 0 Å². The zero-order chi connectivity index (χ0) is 15.8. The highest BCUT2D eigenvalue weighted by Crippen LogP contribution is 2.14. The van der Waals surface area contributed by atoms with Crippen LogP contribution in [0.1, 0.15) is 0 Å². The quantitative estimate of drug-likeness (QED) is 0.678. The maximum Gasteiger partial charge on any atom is 0.285 e. The minimum atomic E-state index is -4.02. The lowest BCUT2D eigenvalue weighted by Gasteiger charge is -1.98. The van der Waals surface area contributed by atoms with Crippen LogP contribution in [-0.2, 0) is 27.1 Å². The molecule has 0 saturated heterocycles. The third-order valence-electron chi connectivity index (χ3n) is 2.31. The van der Waals surface area contributed by atoms with Crippen LogP contribution in [0.15, 0.2) is 37.9 Å². The summed E-state index contributed by atoms with van der Waals surface area (Å²) < 4.78 is 50.7. The zero-order valence-electron chi connectivity index (χ0n) is 10.7. The number of aryl methyl sites for hydroxylation is 1. The summed E-state index contributed by atoms with van der Waals surface area (Å²) in [6, 6.07) is 5.45. The Hall–Kier alpha value is -1.76. The third kappa shape index (κ3) is 3.47. The number of anilines is 1. The Morgan fingerprint density at radius 1 is 1.19 bits per heavy atom. The Morgan fingerprint density at radius 3 is 2.24 bits per heavy atom. The molecule has 0 bridgehead atoms. The summed E-state index contributed by atoms with van der Waals surface area (Å²) in [5, 5.41) is 8.55. The molecule has 0 fully saturated rings. The Labute approximate surface area is 124 Å². The van der Waals surface area contributed by atoms with Gasteiger partial charge in [-0.25, -0.2) is 18.2 Å². The van der Waals surface area contributed by atoms with Crippen molar-refractivity contribution in [3.8, 4) is 0 Å². The van der Waals surface area contributed by atoms with Crippen molar-refractivity contribution in [1.82, 2.24) is 9.78 Å². The second-order valence-corrected chi connectivity index (χ2v) is 8.25. The molecular weight excluding hydrogens is 338 g/mol. The zero-order valence-corrected chi connectivity index (χ0v) is 13.1. The van der Waals surface area contributed by atoms with E-state index >= 15 is 0 Å². The maximum absolute atomic E-state index is 12.1. The monoisotopic (exact) mass is 349 g/mol. The fourth-order valence-corrected chi connectivity index (χ4v) is 4.09. The minimum absolute atomic E-state index is 0.0674. The molecular formula is C9H11N5O4S3. The fourth-order valence-electron chi connectivity index (χ4n) is 1.32. The molecule has 0 unspecified atom stereocenters. The molecule has 1 aromatic carbocycles. The molecule has 12 heteroatoms. The molecule has 2 aromatic rings. The van der Waals surface area contributed by atoms with Gasteiger partial charge in [-0.1, -0.05) is 11.3 Å². The molecule has 0 amide bonds. The average Bonchev–Trinajstić information content (AvgIpc) is 2.71. The van der Waals surface area contributed by atoms with Gasteiger partial charge in [0.1, 0.15) is 0 Å². The van der Waals surface area contributed by atoms with Crippen molar-refractivity contribution < 1.29 is 16.8 Å². The molecule has 0 saturated carbocycles. The minimum Gasteiger partial charge on any atom is -0.399 e. The lowest BCUT2D eigenvalue weighted by atomic mass is 10.3. The van der Waals surface area contributed by atoms with E-state index in [-0.39, 0.29) is 9.70 Å². The SMILES string of the molecule is Cn1nc(S(N)(=O)=O)s/c1=N/S(=O)(=O)c1ccc(N)cc1. The molecule has 114 valence electrons. The van der Waals surface area contributed by atoms with Crippen LogP contribution in [0.25, 0.3) is 0 Å². The number of benzene rings is 1. The van der Waals surface area contributed by atoms with Crippen LogP contribution in [0.2, 0.25) is 0 Å². The Kier molecular flexibility index (Phi) is 3.88. The molecule has 0 aliphatic carbocycles. The van der Waals surface area contributed by atoms with Crippen molar-refractivity contribution in [2.75, 3.05) is 5.73 Å². The van der Waals surface area contributed by atoms with Gasteiger partial charge in [-0.3, -0.25) is 0 Å². The number of nitrogens with zero attached hydrogens (tertiary/aromatic N) is 3. The van der Waals surface area contributed by atoms with Gasteiger partial charge in [-0.15, -0.1) is 9.50 Å². The largest absolute Gasteiger partial charge is 0.399 e. The van der Waals surface area contributed by atoms with Crippen LogP contribution in [0.5, 0.6) is 0 Å². The summed E-state index contributed by atoms with van der Waals surface area (Å²) in [6.45, 7) is 0. The molecule has 0 radical (unpaired) electrons. The smallest absolute Gasteiger partial charge is 0.285 e. The maximum atomic E-state index is 12.1. The molecule has 0 aliphatic heterocycles. The van der Waals surface area contributed by atoms with Crippen molar-refractivity contribution in [2.24, 2.45) is 16.6 Å². The molecule has 0 atom stereocenters. The highest BCUT2D eigenvalue weighted by molar-refractivity contribution is 7.91. The number of nitrogens with two attached hydrogens (primary N) is 2. The summed E-state index contributed by atoms with van der Waals surface area (Å²) in [6.07, 6.45) is 0. The van der Waals surface area contributed by atoms with Crippen LogP contribution >= 0.6 is 11.3 Å². The highest BCUT2D eigenvalue weighted by atomic mass is 32.2. The highest BCUT2D eigenvalue weighted by Gasteiger charge is 2.17. The molecule has 1 heterocycles. The van der Waals surface area contributed by atoms with Crippen molar-refractivity contribution in [3.05, 3.63) is 29.1 Å². The van der Waals surface area contributed by atoms with E-state index in [2.05, 4.69) is 9.50 Å². The number of nitrogen functional groups attached to an aromatic ring is 1. The summed E-state index contributed by atoms with van der Waals surface area (Å²) in [7, 11) is -6.65. The van der Waals surface area contributed by atoms with E-state index in [1.807, 2.05) is 0 Å². The van der Waals surface area contributed by atoms with Gasteiger partial charge in [-0.2, -0.15) is 8.42 Å². The van der Waals surface area contributed by atoms with Gasteiger partial charge in [-0.05, 0) is 24.3 Å². The van der Waals surface area contributed by atoms with Gasteiger partial charge in [0.05, 0.1) is 4.90 Å². The van der Waals surface area contributed by atoms with Gasteiger partial charge in [0.15, 0.2) is 0 Å². The number of sulfonamides is 2. The van der Waals surface area contributed by atoms with Gasteiger partial charge in [0.2, 0.25) is 9.14 Å². The first-order valence-electron chi connectivity index (χ1n) is 5.33. The molecule has 9 nitrogen and oxygen atoms in total. The normalized spacial score (nSPS) is 13.5. The predicted molar refractivity (Wildman–Crippen MR) is 76.1 cm³/mol. The van der Waals surface area contributed by atoms with Crippen molar-refractivity contribution >= 4 is 37.1 Å². The molecule has 1 aromatic heterocycles. The topological polar surface area (TPSA) is 150 Å². The van der Waals surface area contributed by atoms with Gasteiger partial charge < -0.3 is 5.73 Å². The number of primary sulfonamides is 1. The third-order valence-corrected chi connectivity index (χ3v) is 6.01. The summed E-state index contributed by atoms with van der Waals surface area (Å²) >= 11 is 0.559. The van der Waals surface area contributed by atoms with E-state index in [0.29, 0.717) is 17.0 Å². The molecule has 0 aliphatic rings.